The van der Waals surface area contributed by atoms with Gasteiger partial charge in [-0.1, -0.05) is 18.2 Å². The van der Waals surface area contributed by atoms with Crippen LogP contribution in [-0.2, 0) is 16.6 Å². The highest BCUT2D eigenvalue weighted by atomic mass is 16.5. The van der Waals surface area contributed by atoms with Crippen molar-refractivity contribution in [2.45, 2.75) is 67.7 Å². The summed E-state index contributed by atoms with van der Waals surface area (Å²) in [5.41, 5.74) is 1.51. The normalized spacial score (nSPS) is 35.8. The van der Waals surface area contributed by atoms with Gasteiger partial charge < -0.3 is 29.1 Å². The maximum absolute atomic E-state index is 13.5. The Morgan fingerprint density at radius 3 is 2.82 bits per heavy atom. The van der Waals surface area contributed by atoms with E-state index in [1.807, 2.05) is 43.5 Å². The van der Waals surface area contributed by atoms with Crippen LogP contribution in [0.4, 0.5) is 0 Å². The van der Waals surface area contributed by atoms with Gasteiger partial charge in [0.1, 0.15) is 23.5 Å². The second-order valence-corrected chi connectivity index (χ2v) is 12.8. The first-order valence-corrected chi connectivity index (χ1v) is 14.4. The number of nitrogens with zero attached hydrogens (tertiary/aromatic N) is 2. The van der Waals surface area contributed by atoms with Gasteiger partial charge in [-0.05, 0) is 61.1 Å². The third-order valence-electron chi connectivity index (χ3n) is 10.8. The number of phenols is 1. The number of amides is 1. The third-order valence-corrected chi connectivity index (χ3v) is 10.8. The van der Waals surface area contributed by atoms with E-state index in [0.29, 0.717) is 18.6 Å². The predicted molar refractivity (Wildman–Crippen MR) is 148 cm³/mol. The van der Waals surface area contributed by atoms with Crippen molar-refractivity contribution in [1.82, 2.24) is 4.90 Å². The van der Waals surface area contributed by atoms with Gasteiger partial charge in [-0.15, -0.1) is 0 Å². The summed E-state index contributed by atoms with van der Waals surface area (Å²) in [6, 6.07) is 11.3. The molecular weight excluding hydrogens is 492 g/mol. The number of likely N-dealkylation sites (tertiary alicyclic amines) is 1. The summed E-state index contributed by atoms with van der Waals surface area (Å²) >= 11 is 0. The highest BCUT2D eigenvalue weighted by molar-refractivity contribution is 5.92. The number of hydrogen-bond donors (Lipinski definition) is 2. The minimum absolute atomic E-state index is 0.0795. The summed E-state index contributed by atoms with van der Waals surface area (Å²) in [6.45, 7) is 2.09. The molecule has 3 aliphatic carbocycles. The molecule has 5 aliphatic rings. The highest BCUT2D eigenvalue weighted by Crippen LogP contribution is 2.66. The molecule has 3 fully saturated rings. The molecule has 2 bridgehead atoms. The Kier molecular flexibility index (Phi) is 5.43. The van der Waals surface area contributed by atoms with Gasteiger partial charge >= 0.3 is 0 Å². The molecule has 7 heteroatoms. The average Bonchev–Trinajstić information content (AvgIpc) is 3.66. The van der Waals surface area contributed by atoms with Crippen LogP contribution in [-0.4, -0.2) is 83.6 Å². The summed E-state index contributed by atoms with van der Waals surface area (Å²) in [5, 5.41) is 23.7. The number of likely N-dealkylation sites (N-methyl/N-ethyl adjacent to an activating group) is 2. The van der Waals surface area contributed by atoms with Gasteiger partial charge in [0, 0.05) is 37.4 Å². The lowest BCUT2D eigenvalue weighted by Gasteiger charge is -2.66. The van der Waals surface area contributed by atoms with Crippen LogP contribution in [0.15, 0.2) is 42.5 Å². The van der Waals surface area contributed by atoms with Crippen molar-refractivity contribution < 1.29 is 29.0 Å². The molecular formula is C32H39N2O5+. The number of hydrogen-bond acceptors (Lipinski definition) is 5. The van der Waals surface area contributed by atoms with Gasteiger partial charge in [0.15, 0.2) is 11.5 Å². The van der Waals surface area contributed by atoms with Gasteiger partial charge in [0.05, 0.1) is 38.7 Å². The Morgan fingerprint density at radius 1 is 1.23 bits per heavy atom. The van der Waals surface area contributed by atoms with E-state index in [1.165, 1.54) is 18.4 Å². The number of phenolic OH excluding ortho intramolecular Hbond substituents is 1. The van der Waals surface area contributed by atoms with Gasteiger partial charge in [0.2, 0.25) is 5.91 Å². The minimum atomic E-state index is -0.942. The van der Waals surface area contributed by atoms with E-state index in [9.17, 15) is 15.0 Å². The van der Waals surface area contributed by atoms with E-state index in [0.717, 1.165) is 53.2 Å². The molecule has 2 aromatic rings. The Morgan fingerprint density at radius 2 is 2.05 bits per heavy atom. The zero-order chi connectivity index (χ0) is 27.2. The topological polar surface area (TPSA) is 79.2 Å². The summed E-state index contributed by atoms with van der Waals surface area (Å²) in [5.74, 6) is 2.05. The van der Waals surface area contributed by atoms with Crippen molar-refractivity contribution in [1.29, 1.82) is 0 Å². The zero-order valence-electron chi connectivity index (χ0n) is 23.1. The first kappa shape index (κ1) is 25.0. The van der Waals surface area contributed by atoms with E-state index < -0.39 is 17.1 Å². The number of piperidine rings is 1. The Hall–Kier alpha value is -3.03. The molecule has 2 aliphatic heterocycles. The number of ether oxygens (including phenoxy) is 2. The van der Waals surface area contributed by atoms with Gasteiger partial charge in [-0.3, -0.25) is 4.79 Å². The number of benzene rings is 2. The van der Waals surface area contributed by atoms with Crippen molar-refractivity contribution in [2.75, 3.05) is 34.3 Å². The zero-order valence-corrected chi connectivity index (χ0v) is 23.1. The Labute approximate surface area is 230 Å². The first-order valence-electron chi connectivity index (χ1n) is 14.4. The Bertz CT molecular complexity index is 1370. The van der Waals surface area contributed by atoms with E-state index in [-0.39, 0.29) is 23.7 Å². The van der Waals surface area contributed by atoms with E-state index in [2.05, 4.69) is 7.05 Å². The monoisotopic (exact) mass is 531 g/mol. The number of carbonyl (C=O) groups is 1. The molecule has 1 saturated heterocycles. The lowest BCUT2D eigenvalue weighted by atomic mass is 9.47. The Balaban J connectivity index is 1.25. The smallest absolute Gasteiger partial charge is 0.246 e. The number of rotatable bonds is 6. The van der Waals surface area contributed by atoms with Crippen molar-refractivity contribution >= 4 is 12.0 Å². The summed E-state index contributed by atoms with van der Waals surface area (Å²) in [4.78, 5) is 15.3. The lowest BCUT2D eigenvalue weighted by molar-refractivity contribution is -0.950. The fourth-order valence-electron chi connectivity index (χ4n) is 8.72. The highest BCUT2D eigenvalue weighted by Gasteiger charge is 2.76. The van der Waals surface area contributed by atoms with Crippen LogP contribution >= 0.6 is 0 Å². The third kappa shape index (κ3) is 3.45. The number of aromatic hydroxyl groups is 1. The molecule has 6 atom stereocenters. The molecule has 2 aromatic carbocycles. The fraction of sp³-hybridized carbons (Fsp3) is 0.531. The molecule has 1 amide bonds. The largest absolute Gasteiger partial charge is 0.504 e. The van der Waals surface area contributed by atoms with Crippen molar-refractivity contribution in [3.8, 4) is 17.2 Å². The van der Waals surface area contributed by atoms with Gasteiger partial charge in [0.25, 0.3) is 0 Å². The maximum Gasteiger partial charge on any atom is 0.246 e. The second kappa shape index (κ2) is 8.48. The summed E-state index contributed by atoms with van der Waals surface area (Å²) < 4.78 is 12.9. The van der Waals surface area contributed by atoms with Crippen molar-refractivity contribution in [2.24, 2.45) is 5.92 Å². The van der Waals surface area contributed by atoms with Gasteiger partial charge in [-0.2, -0.15) is 0 Å². The van der Waals surface area contributed by atoms with Crippen LogP contribution in [0.1, 0.15) is 48.8 Å². The number of carbonyl (C=O) groups excluding carboxylic acids is 1. The molecule has 2 N–H and O–H groups in total. The number of quaternary nitrogens is 1. The minimum Gasteiger partial charge on any atom is -0.504 e. The molecule has 2 heterocycles. The molecule has 7 nitrogen and oxygen atoms in total. The fourth-order valence-corrected chi connectivity index (χ4v) is 8.72. The van der Waals surface area contributed by atoms with Crippen LogP contribution in [0.2, 0.25) is 0 Å². The number of aliphatic hydroxyl groups is 1. The molecule has 7 rings (SSSR count). The number of methoxy groups -OCH3 is 1. The molecule has 2 saturated carbocycles. The van der Waals surface area contributed by atoms with Crippen LogP contribution in [0.25, 0.3) is 6.08 Å². The molecule has 0 aromatic heterocycles. The summed E-state index contributed by atoms with van der Waals surface area (Å²) in [6.07, 6.45) is 8.45. The molecule has 1 spiro atoms. The van der Waals surface area contributed by atoms with Crippen LogP contribution < -0.4 is 9.47 Å². The van der Waals surface area contributed by atoms with E-state index in [4.69, 9.17) is 9.47 Å². The predicted octanol–water partition coefficient (Wildman–Crippen LogP) is 3.65. The standard InChI is InChI=1S/C32H38N2O5/c1-33(27(36)12-9-20-5-4-6-23(17-20)38-3)24-13-14-32(37)26-18-22-10-11-25(35)29-28(22)31(32,30(24)39-29)15-16-34(26,2)19-21-7-8-21/h4-6,9-12,17,21,24,26,30,37H,7-8,13-16,18-19H2,1-3H3/p+1/b12-9+/t24-,26+,30+,31+,32-,34?/m1/s1. The SMILES string of the molecule is COc1cccc(/C=C/C(=O)N(C)[C@@H]2CC[C@@]3(O)[C@@H]4Cc5ccc(O)c6c5[C@@]3(CC[N+]4(C)CC3CC3)[C@H]2O6)c1. The molecule has 39 heavy (non-hydrogen) atoms. The lowest BCUT2D eigenvalue weighted by Crippen LogP contribution is -2.82. The van der Waals surface area contributed by atoms with Crippen LogP contribution in [0.3, 0.4) is 0 Å². The quantitative estimate of drug-likeness (QED) is 0.440. The van der Waals surface area contributed by atoms with Crippen LogP contribution in [0, 0.1) is 5.92 Å². The van der Waals surface area contributed by atoms with E-state index in [1.54, 1.807) is 24.2 Å². The first-order chi connectivity index (χ1) is 18.7. The van der Waals surface area contributed by atoms with Gasteiger partial charge in [-0.25, -0.2) is 0 Å². The molecule has 1 unspecified atom stereocenters. The summed E-state index contributed by atoms with van der Waals surface area (Å²) in [7, 11) is 5.81. The maximum atomic E-state index is 13.5. The van der Waals surface area contributed by atoms with Crippen LogP contribution in [0.5, 0.6) is 17.2 Å². The van der Waals surface area contributed by atoms with E-state index >= 15 is 0 Å². The molecule has 206 valence electrons. The molecule has 0 radical (unpaired) electrons. The second-order valence-electron chi connectivity index (χ2n) is 12.8. The van der Waals surface area contributed by atoms with Crippen molar-refractivity contribution in [3.05, 3.63) is 59.2 Å². The van der Waals surface area contributed by atoms with Crippen molar-refractivity contribution in [3.63, 3.8) is 0 Å². The average molecular weight is 532 g/mol.